The second-order valence-corrected chi connectivity index (χ2v) is 8.30. The van der Waals surface area contributed by atoms with Gasteiger partial charge in [-0.3, -0.25) is 4.79 Å². The lowest BCUT2D eigenvalue weighted by Gasteiger charge is -2.38. The van der Waals surface area contributed by atoms with Gasteiger partial charge in [-0.25, -0.2) is 0 Å². The zero-order valence-corrected chi connectivity index (χ0v) is 20.8. The molecule has 1 saturated heterocycles. The minimum Gasteiger partial charge on any atom is -0.496 e. The summed E-state index contributed by atoms with van der Waals surface area (Å²) in [6.07, 6.45) is 3.44. The van der Waals surface area contributed by atoms with Crippen LogP contribution in [0.3, 0.4) is 0 Å². The summed E-state index contributed by atoms with van der Waals surface area (Å²) < 4.78 is 11.3. The average molecular weight is 461 g/mol. The fourth-order valence-corrected chi connectivity index (χ4v) is 4.61. The average Bonchev–Trinajstić information content (AvgIpc) is 2.81. The van der Waals surface area contributed by atoms with Crippen molar-refractivity contribution in [2.45, 2.75) is 52.5 Å². The number of ether oxygens (including phenoxy) is 2. The molecule has 5 nitrogen and oxygen atoms in total. The van der Waals surface area contributed by atoms with Gasteiger partial charge in [0.05, 0.1) is 14.2 Å². The fourth-order valence-electron chi connectivity index (χ4n) is 4.61. The van der Waals surface area contributed by atoms with Crippen LogP contribution in [0.5, 0.6) is 11.5 Å². The zero-order valence-electron chi connectivity index (χ0n) is 20.0. The number of amides is 1. The molecule has 2 aromatic carbocycles. The third-order valence-corrected chi connectivity index (χ3v) is 6.52. The highest BCUT2D eigenvalue weighted by Gasteiger charge is 2.28. The summed E-state index contributed by atoms with van der Waals surface area (Å²) in [5.74, 6) is 2.09. The Labute approximate surface area is 199 Å². The highest BCUT2D eigenvalue weighted by Crippen LogP contribution is 2.34. The van der Waals surface area contributed by atoms with Gasteiger partial charge >= 0.3 is 0 Å². The number of nitrogens with zero attached hydrogens (tertiary/aromatic N) is 2. The van der Waals surface area contributed by atoms with Gasteiger partial charge in [0.15, 0.2) is 0 Å². The van der Waals surface area contributed by atoms with Crippen LogP contribution >= 0.6 is 12.4 Å². The Morgan fingerprint density at radius 3 is 2.28 bits per heavy atom. The second-order valence-electron chi connectivity index (χ2n) is 8.30. The molecule has 0 saturated carbocycles. The van der Waals surface area contributed by atoms with Gasteiger partial charge in [-0.05, 0) is 68.0 Å². The number of carbonyl (C=O) groups excluding carboxylic acids is 1. The Hall–Kier alpha value is -2.24. The third kappa shape index (κ3) is 5.76. The molecule has 0 aromatic heterocycles. The number of methoxy groups -OCH3 is 2. The van der Waals surface area contributed by atoms with Crippen LogP contribution in [0.15, 0.2) is 36.4 Å². The standard InChI is InChI=1S/C26H36N2O3.ClH/c1-6-25(29)28(22-10-8-7-9-11-22)23-13-16-27(17-14-23)15-12-21-18-24(30-4)19(2)20(3)26(21)31-5;/h7-11,18,23H,6,12-17H2,1-5H3;1H. The number of piperidine rings is 1. The van der Waals surface area contributed by atoms with Gasteiger partial charge in [-0.2, -0.15) is 0 Å². The van der Waals surface area contributed by atoms with Gasteiger partial charge in [0, 0.05) is 37.8 Å². The highest BCUT2D eigenvalue weighted by molar-refractivity contribution is 5.93. The topological polar surface area (TPSA) is 42.0 Å². The predicted octanol–water partition coefficient (Wildman–Crippen LogP) is 5.19. The Bertz CT molecular complexity index is 880. The maximum absolute atomic E-state index is 12.7. The van der Waals surface area contributed by atoms with Crippen molar-refractivity contribution in [3.63, 3.8) is 0 Å². The van der Waals surface area contributed by atoms with Crippen molar-refractivity contribution in [1.82, 2.24) is 4.90 Å². The van der Waals surface area contributed by atoms with Gasteiger partial charge in [0.2, 0.25) is 5.91 Å². The molecule has 1 fully saturated rings. The molecule has 1 amide bonds. The Kier molecular flexibility index (Phi) is 9.85. The molecular formula is C26H37ClN2O3. The van der Waals surface area contributed by atoms with E-state index in [1.165, 1.54) is 5.56 Å². The minimum atomic E-state index is 0. The SMILES string of the molecule is CCC(=O)N(c1ccccc1)C1CCN(CCc2cc(OC)c(C)c(C)c2OC)CC1.Cl. The molecule has 0 spiro atoms. The molecule has 0 bridgehead atoms. The van der Waals surface area contributed by atoms with Gasteiger partial charge in [-0.15, -0.1) is 12.4 Å². The van der Waals surface area contributed by atoms with Crippen molar-refractivity contribution < 1.29 is 14.3 Å². The summed E-state index contributed by atoms with van der Waals surface area (Å²) in [7, 11) is 3.46. The Balaban J connectivity index is 0.00000363. The predicted molar refractivity (Wildman–Crippen MR) is 134 cm³/mol. The van der Waals surface area contributed by atoms with Crippen molar-refractivity contribution >= 4 is 24.0 Å². The summed E-state index contributed by atoms with van der Waals surface area (Å²) in [6, 6.07) is 12.5. The first kappa shape index (κ1) is 26.0. The number of rotatable bonds is 8. The fraction of sp³-hybridized carbons (Fsp3) is 0.500. The van der Waals surface area contributed by atoms with E-state index >= 15 is 0 Å². The molecule has 0 atom stereocenters. The molecule has 1 heterocycles. The largest absolute Gasteiger partial charge is 0.496 e. The van der Waals surface area contributed by atoms with Crippen LogP contribution in [0.25, 0.3) is 0 Å². The van der Waals surface area contributed by atoms with Crippen LogP contribution in [0.4, 0.5) is 5.69 Å². The quantitative estimate of drug-likeness (QED) is 0.543. The minimum absolute atomic E-state index is 0. The van der Waals surface area contributed by atoms with Crippen LogP contribution in [-0.2, 0) is 11.2 Å². The van der Waals surface area contributed by atoms with E-state index in [9.17, 15) is 4.79 Å². The zero-order chi connectivity index (χ0) is 22.4. The first-order chi connectivity index (χ1) is 15.0. The van der Waals surface area contributed by atoms with Crippen LogP contribution in [-0.4, -0.2) is 50.7 Å². The molecule has 1 aliphatic rings. The van der Waals surface area contributed by atoms with E-state index in [0.29, 0.717) is 6.42 Å². The number of hydrogen-bond acceptors (Lipinski definition) is 4. The number of para-hydroxylation sites is 1. The lowest BCUT2D eigenvalue weighted by atomic mass is 9.99. The highest BCUT2D eigenvalue weighted by atomic mass is 35.5. The van der Waals surface area contributed by atoms with Gasteiger partial charge in [0.1, 0.15) is 11.5 Å². The van der Waals surface area contributed by atoms with Crippen molar-refractivity contribution in [3.05, 3.63) is 53.1 Å². The van der Waals surface area contributed by atoms with E-state index in [1.54, 1.807) is 14.2 Å². The number of carbonyl (C=O) groups is 1. The van der Waals surface area contributed by atoms with Crippen molar-refractivity contribution in [2.75, 3.05) is 38.8 Å². The summed E-state index contributed by atoms with van der Waals surface area (Å²) in [5, 5.41) is 0. The van der Waals surface area contributed by atoms with Crippen LogP contribution in [0.2, 0.25) is 0 Å². The van der Waals surface area contributed by atoms with E-state index in [1.807, 2.05) is 42.2 Å². The first-order valence-electron chi connectivity index (χ1n) is 11.3. The molecule has 2 aromatic rings. The van der Waals surface area contributed by atoms with E-state index in [-0.39, 0.29) is 24.4 Å². The van der Waals surface area contributed by atoms with E-state index in [0.717, 1.165) is 67.2 Å². The number of anilines is 1. The Morgan fingerprint density at radius 1 is 1.06 bits per heavy atom. The number of likely N-dealkylation sites (tertiary alicyclic amines) is 1. The van der Waals surface area contributed by atoms with Crippen LogP contribution in [0.1, 0.15) is 42.9 Å². The van der Waals surface area contributed by atoms with Crippen molar-refractivity contribution in [3.8, 4) is 11.5 Å². The molecule has 32 heavy (non-hydrogen) atoms. The number of halogens is 1. The molecular weight excluding hydrogens is 424 g/mol. The summed E-state index contributed by atoms with van der Waals surface area (Å²) in [4.78, 5) is 17.2. The number of hydrogen-bond donors (Lipinski definition) is 0. The molecule has 1 aliphatic heterocycles. The molecule has 0 unspecified atom stereocenters. The molecule has 0 aliphatic carbocycles. The monoisotopic (exact) mass is 460 g/mol. The molecule has 176 valence electrons. The maximum Gasteiger partial charge on any atom is 0.226 e. The Morgan fingerprint density at radius 2 is 1.72 bits per heavy atom. The normalized spacial score (nSPS) is 14.5. The van der Waals surface area contributed by atoms with E-state index < -0.39 is 0 Å². The smallest absolute Gasteiger partial charge is 0.226 e. The van der Waals surface area contributed by atoms with Crippen LogP contribution in [0, 0.1) is 13.8 Å². The molecule has 0 radical (unpaired) electrons. The van der Waals surface area contributed by atoms with Crippen molar-refractivity contribution in [2.24, 2.45) is 0 Å². The van der Waals surface area contributed by atoms with Crippen molar-refractivity contribution in [1.29, 1.82) is 0 Å². The summed E-state index contributed by atoms with van der Waals surface area (Å²) in [6.45, 7) is 9.07. The molecule has 6 heteroatoms. The lowest BCUT2D eigenvalue weighted by molar-refractivity contribution is -0.119. The first-order valence-corrected chi connectivity index (χ1v) is 11.3. The van der Waals surface area contributed by atoms with Crippen LogP contribution < -0.4 is 14.4 Å². The summed E-state index contributed by atoms with van der Waals surface area (Å²) in [5.41, 5.74) is 4.48. The molecule has 0 N–H and O–H groups in total. The lowest BCUT2D eigenvalue weighted by Crippen LogP contribution is -2.47. The third-order valence-electron chi connectivity index (χ3n) is 6.52. The second kappa shape index (κ2) is 12.1. The van der Waals surface area contributed by atoms with Gasteiger partial charge in [0.25, 0.3) is 0 Å². The maximum atomic E-state index is 12.7. The number of benzene rings is 2. The summed E-state index contributed by atoms with van der Waals surface area (Å²) >= 11 is 0. The van der Waals surface area contributed by atoms with Gasteiger partial charge in [-0.1, -0.05) is 25.1 Å². The van der Waals surface area contributed by atoms with Gasteiger partial charge < -0.3 is 19.3 Å². The molecule has 3 rings (SSSR count). The van der Waals surface area contributed by atoms with E-state index in [4.69, 9.17) is 9.47 Å². The van der Waals surface area contributed by atoms with E-state index in [2.05, 4.69) is 24.8 Å².